The number of benzene rings is 6. The summed E-state index contributed by atoms with van der Waals surface area (Å²) >= 11 is 0. The van der Waals surface area contributed by atoms with Gasteiger partial charge in [-0.2, -0.15) is 0 Å². The summed E-state index contributed by atoms with van der Waals surface area (Å²) in [4.78, 5) is 2.33. The van der Waals surface area contributed by atoms with Crippen molar-refractivity contribution in [1.82, 2.24) is 0 Å². The largest absolute Gasteiger partial charge is 0.497 e. The van der Waals surface area contributed by atoms with E-state index in [2.05, 4.69) is 126 Å². The van der Waals surface area contributed by atoms with Crippen molar-refractivity contribution < 1.29 is 4.74 Å². The zero-order valence-corrected chi connectivity index (χ0v) is 19.6. The third kappa shape index (κ3) is 3.89. The first-order valence-corrected chi connectivity index (χ1v) is 11.8. The molecule has 0 aliphatic carbocycles. The molecule has 6 rings (SSSR count). The summed E-state index contributed by atoms with van der Waals surface area (Å²) in [6, 6.07) is 47.2. The molecule has 0 radical (unpaired) electrons. The number of rotatable bonds is 5. The molecule has 0 atom stereocenters. The standard InChI is InChI=1S/C33H25NO/c1-35-30-20-18-29(19-21-30)34(28-12-3-2-4-13-28)32-22-17-25-10-7-8-14-31(25)33(32)27-16-15-24-9-5-6-11-26(24)23-27/h2-23H,1H3. The van der Waals surface area contributed by atoms with Crippen LogP contribution >= 0.6 is 0 Å². The molecule has 0 aliphatic heterocycles. The zero-order valence-electron chi connectivity index (χ0n) is 19.6. The number of para-hydroxylation sites is 1. The second-order valence-electron chi connectivity index (χ2n) is 8.61. The van der Waals surface area contributed by atoms with E-state index >= 15 is 0 Å². The van der Waals surface area contributed by atoms with Gasteiger partial charge in [0, 0.05) is 16.9 Å². The molecule has 0 aromatic heterocycles. The Morgan fingerprint density at radius 3 is 1.91 bits per heavy atom. The summed E-state index contributed by atoms with van der Waals surface area (Å²) in [6.45, 7) is 0. The smallest absolute Gasteiger partial charge is 0.119 e. The summed E-state index contributed by atoms with van der Waals surface area (Å²) < 4.78 is 5.43. The van der Waals surface area contributed by atoms with E-state index in [1.165, 1.54) is 32.7 Å². The number of anilines is 3. The van der Waals surface area contributed by atoms with Crippen LogP contribution in [0.2, 0.25) is 0 Å². The Labute approximate surface area is 205 Å². The van der Waals surface area contributed by atoms with E-state index in [0.717, 1.165) is 22.8 Å². The Kier molecular flexibility index (Phi) is 5.40. The summed E-state index contributed by atoms with van der Waals surface area (Å²) in [6.07, 6.45) is 0. The van der Waals surface area contributed by atoms with E-state index in [-0.39, 0.29) is 0 Å². The predicted molar refractivity (Wildman–Crippen MR) is 148 cm³/mol. The van der Waals surface area contributed by atoms with Crippen molar-refractivity contribution in [3.05, 3.63) is 133 Å². The molecule has 0 heterocycles. The van der Waals surface area contributed by atoms with Gasteiger partial charge in [0.05, 0.1) is 12.8 Å². The molecule has 2 nitrogen and oxygen atoms in total. The van der Waals surface area contributed by atoms with Crippen molar-refractivity contribution in [2.75, 3.05) is 12.0 Å². The lowest BCUT2D eigenvalue weighted by atomic mass is 9.93. The Bertz CT molecular complexity index is 1620. The maximum Gasteiger partial charge on any atom is 0.119 e. The van der Waals surface area contributed by atoms with E-state index in [0.29, 0.717) is 0 Å². The summed E-state index contributed by atoms with van der Waals surface area (Å²) in [5.74, 6) is 0.843. The lowest BCUT2D eigenvalue weighted by Crippen LogP contribution is -2.11. The van der Waals surface area contributed by atoms with Crippen molar-refractivity contribution in [1.29, 1.82) is 0 Å². The average Bonchev–Trinajstić information content (AvgIpc) is 2.94. The van der Waals surface area contributed by atoms with Crippen LogP contribution in [0.1, 0.15) is 0 Å². The fraction of sp³-hybridized carbons (Fsp3) is 0.0303. The maximum absolute atomic E-state index is 5.43. The highest BCUT2D eigenvalue weighted by Gasteiger charge is 2.19. The van der Waals surface area contributed by atoms with E-state index in [1.54, 1.807) is 7.11 Å². The van der Waals surface area contributed by atoms with E-state index in [1.807, 2.05) is 12.1 Å². The Morgan fingerprint density at radius 1 is 0.514 bits per heavy atom. The number of methoxy groups -OCH3 is 1. The first-order chi connectivity index (χ1) is 17.3. The molecule has 0 aliphatic rings. The molecular weight excluding hydrogens is 426 g/mol. The van der Waals surface area contributed by atoms with Crippen LogP contribution in [0.5, 0.6) is 5.75 Å². The fourth-order valence-electron chi connectivity index (χ4n) is 4.83. The number of hydrogen-bond acceptors (Lipinski definition) is 2. The Morgan fingerprint density at radius 2 is 1.14 bits per heavy atom. The lowest BCUT2D eigenvalue weighted by Gasteiger charge is -2.29. The molecule has 0 saturated heterocycles. The van der Waals surface area contributed by atoms with Gasteiger partial charge in [0.15, 0.2) is 0 Å². The first kappa shape index (κ1) is 21.0. The highest BCUT2D eigenvalue weighted by atomic mass is 16.5. The Balaban J connectivity index is 1.65. The van der Waals surface area contributed by atoms with Gasteiger partial charge in [-0.05, 0) is 75.6 Å². The number of hydrogen-bond donors (Lipinski definition) is 0. The van der Waals surface area contributed by atoms with Gasteiger partial charge >= 0.3 is 0 Å². The molecule has 0 unspecified atom stereocenters. The molecule has 168 valence electrons. The minimum absolute atomic E-state index is 0.843. The number of nitrogens with zero attached hydrogens (tertiary/aromatic N) is 1. The highest BCUT2D eigenvalue weighted by molar-refractivity contribution is 6.06. The van der Waals surface area contributed by atoms with Gasteiger partial charge in [0.1, 0.15) is 5.75 Å². The van der Waals surface area contributed by atoms with Crippen LogP contribution in [-0.4, -0.2) is 7.11 Å². The summed E-state index contributed by atoms with van der Waals surface area (Å²) in [5.41, 5.74) is 5.73. The average molecular weight is 452 g/mol. The maximum atomic E-state index is 5.43. The van der Waals surface area contributed by atoms with Gasteiger partial charge in [-0.15, -0.1) is 0 Å². The predicted octanol–water partition coefficient (Wildman–Crippen LogP) is 9.14. The van der Waals surface area contributed by atoms with Gasteiger partial charge in [-0.3, -0.25) is 0 Å². The lowest BCUT2D eigenvalue weighted by molar-refractivity contribution is 0.415. The third-order valence-corrected chi connectivity index (χ3v) is 6.53. The first-order valence-electron chi connectivity index (χ1n) is 11.8. The van der Waals surface area contributed by atoms with Crippen molar-refractivity contribution >= 4 is 38.6 Å². The highest BCUT2D eigenvalue weighted by Crippen LogP contribution is 2.44. The van der Waals surface area contributed by atoms with Crippen LogP contribution in [0.15, 0.2) is 133 Å². The third-order valence-electron chi connectivity index (χ3n) is 6.53. The SMILES string of the molecule is COc1ccc(N(c2ccccc2)c2ccc3ccccc3c2-c2ccc3ccccc3c2)cc1. The zero-order chi connectivity index (χ0) is 23.6. The molecule has 0 N–H and O–H groups in total. The van der Waals surface area contributed by atoms with Crippen LogP contribution in [0.25, 0.3) is 32.7 Å². The number of ether oxygens (including phenoxy) is 1. The van der Waals surface area contributed by atoms with E-state index < -0.39 is 0 Å². The van der Waals surface area contributed by atoms with Crippen LogP contribution in [-0.2, 0) is 0 Å². The molecule has 0 saturated carbocycles. The van der Waals surface area contributed by atoms with E-state index in [4.69, 9.17) is 4.74 Å². The minimum Gasteiger partial charge on any atom is -0.497 e. The second kappa shape index (κ2) is 9.00. The molecule has 0 spiro atoms. The second-order valence-corrected chi connectivity index (χ2v) is 8.61. The van der Waals surface area contributed by atoms with Gasteiger partial charge in [-0.1, -0.05) is 84.9 Å². The topological polar surface area (TPSA) is 12.5 Å². The molecule has 0 amide bonds. The summed E-state index contributed by atoms with van der Waals surface area (Å²) in [7, 11) is 1.70. The molecule has 0 fully saturated rings. The van der Waals surface area contributed by atoms with Crippen molar-refractivity contribution in [3.8, 4) is 16.9 Å². The van der Waals surface area contributed by atoms with Gasteiger partial charge in [-0.25, -0.2) is 0 Å². The van der Waals surface area contributed by atoms with Crippen LogP contribution in [0, 0.1) is 0 Å². The number of fused-ring (bicyclic) bond motifs is 2. The van der Waals surface area contributed by atoms with E-state index in [9.17, 15) is 0 Å². The van der Waals surface area contributed by atoms with Crippen molar-refractivity contribution in [2.45, 2.75) is 0 Å². The normalized spacial score (nSPS) is 11.0. The minimum atomic E-state index is 0.843. The molecule has 6 aromatic carbocycles. The summed E-state index contributed by atoms with van der Waals surface area (Å²) in [5, 5.41) is 4.93. The van der Waals surface area contributed by atoms with Crippen LogP contribution in [0.3, 0.4) is 0 Å². The van der Waals surface area contributed by atoms with Gasteiger partial charge < -0.3 is 9.64 Å². The molecule has 6 aromatic rings. The van der Waals surface area contributed by atoms with Gasteiger partial charge in [0.25, 0.3) is 0 Å². The molecule has 35 heavy (non-hydrogen) atoms. The molecule has 0 bridgehead atoms. The van der Waals surface area contributed by atoms with Gasteiger partial charge in [0.2, 0.25) is 0 Å². The van der Waals surface area contributed by atoms with Crippen molar-refractivity contribution in [2.24, 2.45) is 0 Å². The van der Waals surface area contributed by atoms with Crippen LogP contribution in [0.4, 0.5) is 17.1 Å². The van der Waals surface area contributed by atoms with Crippen LogP contribution < -0.4 is 9.64 Å². The fourth-order valence-corrected chi connectivity index (χ4v) is 4.83. The molecular formula is C33H25NO. The Hall–Kier alpha value is -4.56. The monoisotopic (exact) mass is 451 g/mol. The quantitative estimate of drug-likeness (QED) is 0.259. The van der Waals surface area contributed by atoms with Crippen molar-refractivity contribution in [3.63, 3.8) is 0 Å². The molecule has 2 heteroatoms.